The summed E-state index contributed by atoms with van der Waals surface area (Å²) in [7, 11) is 1.57. The molecule has 7 nitrogen and oxygen atoms in total. The van der Waals surface area contributed by atoms with Gasteiger partial charge in [0.15, 0.2) is 0 Å². The Balaban J connectivity index is 1.73. The van der Waals surface area contributed by atoms with E-state index in [1.54, 1.807) is 43.5 Å². The fourth-order valence-corrected chi connectivity index (χ4v) is 3.75. The van der Waals surface area contributed by atoms with E-state index in [0.29, 0.717) is 44.4 Å². The molecule has 168 valence electrons. The van der Waals surface area contributed by atoms with Crippen molar-refractivity contribution in [2.75, 3.05) is 17.7 Å². The number of ether oxygens (including phenoxy) is 1. The average Bonchev–Trinajstić information content (AvgIpc) is 3.19. The molecule has 3 aromatic carbocycles. The van der Waals surface area contributed by atoms with E-state index in [0.717, 1.165) is 11.1 Å². The summed E-state index contributed by atoms with van der Waals surface area (Å²) in [5.41, 5.74) is 4.64. The van der Waals surface area contributed by atoms with E-state index in [2.05, 4.69) is 20.6 Å². The van der Waals surface area contributed by atoms with Crippen molar-refractivity contribution < 1.29 is 14.3 Å². The first kappa shape index (κ1) is 22.5. The van der Waals surface area contributed by atoms with Crippen molar-refractivity contribution in [3.05, 3.63) is 87.7 Å². The second-order valence-corrected chi connectivity index (χ2v) is 8.08. The first-order chi connectivity index (χ1) is 15.9. The molecular weight excluding hydrogens is 440 g/mol. The van der Waals surface area contributed by atoms with Crippen LogP contribution in [0.5, 0.6) is 0 Å². The maximum Gasteiger partial charge on any atom is 0.258 e. The molecule has 0 spiro atoms. The number of aromatic amines is 1. The first-order valence-electron chi connectivity index (χ1n) is 10.3. The number of carbonyl (C=O) groups is 2. The predicted molar refractivity (Wildman–Crippen MR) is 130 cm³/mol. The Kier molecular flexibility index (Phi) is 6.44. The largest absolute Gasteiger partial charge is 0.377 e. The molecular formula is C25H23ClN4O3. The molecule has 0 saturated carbocycles. The predicted octanol–water partition coefficient (Wildman–Crippen LogP) is 5.48. The van der Waals surface area contributed by atoms with E-state index in [9.17, 15) is 9.59 Å². The summed E-state index contributed by atoms with van der Waals surface area (Å²) in [6, 6.07) is 16.0. The molecule has 4 rings (SSSR count). The molecule has 0 saturated heterocycles. The molecule has 0 aliphatic rings. The number of aryl methyl sites for hydroxylation is 1. The Bertz CT molecular complexity index is 1360. The van der Waals surface area contributed by atoms with E-state index in [1.165, 1.54) is 0 Å². The van der Waals surface area contributed by atoms with Crippen LogP contribution >= 0.6 is 11.6 Å². The first-order valence-corrected chi connectivity index (χ1v) is 10.7. The molecule has 0 atom stereocenters. The number of nitrogens with zero attached hydrogens (tertiary/aromatic N) is 1. The van der Waals surface area contributed by atoms with Crippen molar-refractivity contribution in [2.24, 2.45) is 0 Å². The highest BCUT2D eigenvalue weighted by atomic mass is 35.5. The van der Waals surface area contributed by atoms with Gasteiger partial charge in [0.2, 0.25) is 0 Å². The van der Waals surface area contributed by atoms with Crippen LogP contribution in [0, 0.1) is 13.8 Å². The number of aromatic nitrogens is 2. The van der Waals surface area contributed by atoms with Gasteiger partial charge >= 0.3 is 0 Å². The molecule has 3 N–H and O–H groups in total. The van der Waals surface area contributed by atoms with Crippen LogP contribution < -0.4 is 10.6 Å². The summed E-state index contributed by atoms with van der Waals surface area (Å²) in [5, 5.41) is 6.35. The van der Waals surface area contributed by atoms with Gasteiger partial charge in [-0.05, 0) is 55.3 Å². The summed E-state index contributed by atoms with van der Waals surface area (Å²) in [5.74, 6) is -0.0585. The van der Waals surface area contributed by atoms with Crippen LogP contribution in [0.3, 0.4) is 0 Å². The number of benzene rings is 3. The Hall–Kier alpha value is -3.68. The van der Waals surface area contributed by atoms with Crippen molar-refractivity contribution in [3.8, 4) is 0 Å². The zero-order chi connectivity index (χ0) is 23.5. The maximum atomic E-state index is 13.3. The number of carbonyl (C=O) groups excluding carboxylic acids is 2. The second-order valence-electron chi connectivity index (χ2n) is 7.67. The molecule has 0 unspecified atom stereocenters. The van der Waals surface area contributed by atoms with Gasteiger partial charge in [0, 0.05) is 29.1 Å². The van der Waals surface area contributed by atoms with Crippen molar-refractivity contribution in [2.45, 2.75) is 20.5 Å². The third-order valence-corrected chi connectivity index (χ3v) is 5.73. The van der Waals surface area contributed by atoms with Crippen LogP contribution in [0.2, 0.25) is 5.02 Å². The zero-order valence-electron chi connectivity index (χ0n) is 18.5. The number of fused-ring (bicyclic) bond motifs is 1. The number of H-pyrrole nitrogens is 1. The SMILES string of the molecule is COCc1nc2c(C(=O)Nc3cccc(Cl)c3C)cc(NC(=O)c3ccccc3C)cc2[nH]1. The fourth-order valence-electron chi connectivity index (χ4n) is 3.58. The van der Waals surface area contributed by atoms with Gasteiger partial charge in [0.25, 0.3) is 11.8 Å². The van der Waals surface area contributed by atoms with Crippen molar-refractivity contribution in [1.29, 1.82) is 0 Å². The summed E-state index contributed by atoms with van der Waals surface area (Å²) < 4.78 is 5.17. The number of methoxy groups -OCH3 is 1. The second kappa shape index (κ2) is 9.44. The van der Waals surface area contributed by atoms with E-state index in [1.807, 2.05) is 32.0 Å². The lowest BCUT2D eigenvalue weighted by Crippen LogP contribution is -2.16. The minimum Gasteiger partial charge on any atom is -0.377 e. The van der Waals surface area contributed by atoms with Crippen molar-refractivity contribution in [3.63, 3.8) is 0 Å². The molecule has 1 heterocycles. The van der Waals surface area contributed by atoms with E-state index in [-0.39, 0.29) is 18.4 Å². The van der Waals surface area contributed by atoms with Gasteiger partial charge in [0.05, 0.1) is 11.1 Å². The number of halogens is 1. The van der Waals surface area contributed by atoms with Gasteiger partial charge in [0.1, 0.15) is 17.9 Å². The summed E-state index contributed by atoms with van der Waals surface area (Å²) in [4.78, 5) is 33.8. The number of hydrogen-bond donors (Lipinski definition) is 3. The topological polar surface area (TPSA) is 96.1 Å². The number of anilines is 2. The third kappa shape index (κ3) is 4.74. The number of rotatable bonds is 6. The Labute approximate surface area is 196 Å². The van der Waals surface area contributed by atoms with Gasteiger partial charge in [-0.3, -0.25) is 9.59 Å². The Morgan fingerprint density at radius 1 is 1.00 bits per heavy atom. The van der Waals surface area contributed by atoms with Crippen LogP contribution in [0.25, 0.3) is 11.0 Å². The molecule has 0 radical (unpaired) electrons. The highest BCUT2D eigenvalue weighted by Gasteiger charge is 2.19. The zero-order valence-corrected chi connectivity index (χ0v) is 19.2. The van der Waals surface area contributed by atoms with Crippen LogP contribution in [0.15, 0.2) is 54.6 Å². The minimum atomic E-state index is -0.368. The summed E-state index contributed by atoms with van der Waals surface area (Å²) in [6.45, 7) is 3.96. The van der Waals surface area contributed by atoms with Crippen LogP contribution in [0.1, 0.15) is 37.7 Å². The molecule has 1 aromatic heterocycles. The molecule has 33 heavy (non-hydrogen) atoms. The van der Waals surface area contributed by atoms with Gasteiger partial charge < -0.3 is 20.4 Å². The van der Waals surface area contributed by atoms with E-state index in [4.69, 9.17) is 16.3 Å². The quantitative estimate of drug-likeness (QED) is 0.353. The molecule has 0 aliphatic carbocycles. The minimum absolute atomic E-state index is 0.258. The Morgan fingerprint density at radius 2 is 1.76 bits per heavy atom. The summed E-state index contributed by atoms with van der Waals surface area (Å²) in [6.07, 6.45) is 0. The van der Waals surface area contributed by atoms with Crippen molar-refractivity contribution >= 4 is 45.8 Å². The summed E-state index contributed by atoms with van der Waals surface area (Å²) >= 11 is 6.20. The fraction of sp³-hybridized carbons (Fsp3) is 0.160. The van der Waals surface area contributed by atoms with Crippen LogP contribution in [0.4, 0.5) is 11.4 Å². The molecule has 2 amide bonds. The lowest BCUT2D eigenvalue weighted by atomic mass is 10.1. The highest BCUT2D eigenvalue weighted by Crippen LogP contribution is 2.27. The molecule has 8 heteroatoms. The molecule has 0 aliphatic heterocycles. The third-order valence-electron chi connectivity index (χ3n) is 5.32. The Morgan fingerprint density at radius 3 is 2.52 bits per heavy atom. The van der Waals surface area contributed by atoms with Crippen LogP contribution in [-0.2, 0) is 11.3 Å². The molecule has 4 aromatic rings. The van der Waals surface area contributed by atoms with Crippen molar-refractivity contribution in [1.82, 2.24) is 9.97 Å². The normalized spacial score (nSPS) is 10.9. The average molecular weight is 463 g/mol. The lowest BCUT2D eigenvalue weighted by Gasteiger charge is -2.12. The smallest absolute Gasteiger partial charge is 0.258 e. The van der Waals surface area contributed by atoms with Gasteiger partial charge in [-0.25, -0.2) is 4.98 Å². The standard InChI is InChI=1S/C25H23ClN4O3/c1-14-7-4-5-8-17(14)24(31)27-16-11-18(23-21(12-16)28-22(30-23)13-33-3)25(32)29-20-10-6-9-19(26)15(20)2/h4-12H,13H2,1-3H3,(H,27,31)(H,28,30)(H,29,32). The van der Waals surface area contributed by atoms with E-state index >= 15 is 0 Å². The molecule has 0 fully saturated rings. The number of nitrogens with one attached hydrogen (secondary N) is 3. The maximum absolute atomic E-state index is 13.3. The van der Waals surface area contributed by atoms with Gasteiger partial charge in [-0.15, -0.1) is 0 Å². The monoisotopic (exact) mass is 462 g/mol. The van der Waals surface area contributed by atoms with E-state index < -0.39 is 0 Å². The van der Waals surface area contributed by atoms with Gasteiger partial charge in [-0.1, -0.05) is 35.9 Å². The number of amides is 2. The van der Waals surface area contributed by atoms with Gasteiger partial charge in [-0.2, -0.15) is 0 Å². The molecule has 0 bridgehead atoms. The van der Waals surface area contributed by atoms with Crippen LogP contribution in [-0.4, -0.2) is 28.9 Å². The highest BCUT2D eigenvalue weighted by molar-refractivity contribution is 6.31. The number of hydrogen-bond acceptors (Lipinski definition) is 4. The lowest BCUT2D eigenvalue weighted by molar-refractivity contribution is 0.101. The number of imidazole rings is 1.